The summed E-state index contributed by atoms with van der Waals surface area (Å²) in [6, 6.07) is 5.14. The Morgan fingerprint density at radius 3 is 2.89 bits per heavy atom. The van der Waals surface area contributed by atoms with Crippen molar-refractivity contribution < 1.29 is 4.21 Å². The molecule has 2 N–H and O–H groups in total. The van der Waals surface area contributed by atoms with Crippen molar-refractivity contribution in [3.63, 3.8) is 0 Å². The van der Waals surface area contributed by atoms with Gasteiger partial charge >= 0.3 is 0 Å². The van der Waals surface area contributed by atoms with E-state index in [1.54, 1.807) is 29.1 Å². The highest BCUT2D eigenvalue weighted by Crippen LogP contribution is 2.23. The van der Waals surface area contributed by atoms with Crippen LogP contribution < -0.4 is 5.73 Å². The Morgan fingerprint density at radius 1 is 1.44 bits per heavy atom. The molecule has 1 aromatic heterocycles. The molecule has 1 unspecified atom stereocenters. The zero-order chi connectivity index (χ0) is 13.1. The van der Waals surface area contributed by atoms with Crippen molar-refractivity contribution >= 4 is 28.1 Å². The summed E-state index contributed by atoms with van der Waals surface area (Å²) in [4.78, 5) is 0. The highest BCUT2D eigenvalue weighted by atomic mass is 35.5. The molecule has 18 heavy (non-hydrogen) atoms. The molecule has 0 saturated carbocycles. The highest BCUT2D eigenvalue weighted by molar-refractivity contribution is 7.84. The van der Waals surface area contributed by atoms with E-state index in [0.717, 1.165) is 5.56 Å². The number of nitrogens with two attached hydrogens (primary N) is 1. The SMILES string of the molecule is CS(=O)CCn1nnnc1-c1cc(N)cc(Cl)c1. The molecule has 0 bridgehead atoms. The molecular weight excluding hydrogens is 274 g/mol. The molecule has 0 aliphatic heterocycles. The Bertz CT molecular complexity index is 565. The van der Waals surface area contributed by atoms with Crippen LogP contribution in [0.4, 0.5) is 5.69 Å². The number of halogens is 1. The van der Waals surface area contributed by atoms with E-state index < -0.39 is 10.8 Å². The topological polar surface area (TPSA) is 86.7 Å². The van der Waals surface area contributed by atoms with Gasteiger partial charge in [0, 0.05) is 39.1 Å². The van der Waals surface area contributed by atoms with Gasteiger partial charge in [0.25, 0.3) is 0 Å². The summed E-state index contributed by atoms with van der Waals surface area (Å²) in [5, 5.41) is 11.9. The van der Waals surface area contributed by atoms with Crippen LogP contribution in [0.15, 0.2) is 18.2 Å². The van der Waals surface area contributed by atoms with E-state index in [9.17, 15) is 4.21 Å². The van der Waals surface area contributed by atoms with Gasteiger partial charge in [-0.15, -0.1) is 5.10 Å². The standard InChI is InChI=1S/C10H12ClN5OS/c1-18(17)3-2-16-10(13-14-15-16)7-4-8(11)6-9(12)5-7/h4-6H,2-3,12H2,1H3. The maximum Gasteiger partial charge on any atom is 0.182 e. The zero-order valence-electron chi connectivity index (χ0n) is 9.71. The number of hydrogen-bond acceptors (Lipinski definition) is 5. The number of nitrogen functional groups attached to an aromatic ring is 1. The lowest BCUT2D eigenvalue weighted by molar-refractivity contribution is 0.625. The molecule has 8 heteroatoms. The molecule has 2 aromatic rings. The first-order valence-corrected chi connectivity index (χ1v) is 7.29. The minimum atomic E-state index is -0.891. The third-order valence-corrected chi connectivity index (χ3v) is 3.28. The van der Waals surface area contributed by atoms with E-state index in [4.69, 9.17) is 17.3 Å². The van der Waals surface area contributed by atoms with E-state index in [0.29, 0.717) is 28.8 Å². The fourth-order valence-electron chi connectivity index (χ4n) is 1.52. The average molecular weight is 286 g/mol. The summed E-state index contributed by atoms with van der Waals surface area (Å²) in [7, 11) is -0.891. The Labute approximate surface area is 112 Å². The maximum atomic E-state index is 11.1. The first kappa shape index (κ1) is 13.0. The van der Waals surface area contributed by atoms with Gasteiger partial charge < -0.3 is 5.73 Å². The molecule has 96 valence electrons. The Kier molecular flexibility index (Phi) is 3.93. The first-order valence-electron chi connectivity index (χ1n) is 5.19. The quantitative estimate of drug-likeness (QED) is 0.845. The van der Waals surface area contributed by atoms with Gasteiger partial charge in [-0.05, 0) is 28.6 Å². The van der Waals surface area contributed by atoms with Crippen LogP contribution in [-0.4, -0.2) is 36.4 Å². The van der Waals surface area contributed by atoms with Gasteiger partial charge in [0.2, 0.25) is 0 Å². The van der Waals surface area contributed by atoms with Crippen molar-refractivity contribution in [1.82, 2.24) is 20.2 Å². The second-order valence-electron chi connectivity index (χ2n) is 3.78. The van der Waals surface area contributed by atoms with Crippen molar-refractivity contribution in [2.45, 2.75) is 6.54 Å². The van der Waals surface area contributed by atoms with E-state index in [1.807, 2.05) is 0 Å². The zero-order valence-corrected chi connectivity index (χ0v) is 11.3. The van der Waals surface area contributed by atoms with Gasteiger partial charge in [-0.2, -0.15) is 0 Å². The van der Waals surface area contributed by atoms with Crippen LogP contribution >= 0.6 is 11.6 Å². The van der Waals surface area contributed by atoms with E-state index >= 15 is 0 Å². The summed E-state index contributed by atoms with van der Waals surface area (Å²) in [5.41, 5.74) is 7.02. The molecule has 6 nitrogen and oxygen atoms in total. The van der Waals surface area contributed by atoms with Crippen LogP contribution in [-0.2, 0) is 17.3 Å². The molecule has 1 heterocycles. The molecular formula is C10H12ClN5OS. The molecule has 1 aromatic carbocycles. The van der Waals surface area contributed by atoms with Crippen molar-refractivity contribution in [2.75, 3.05) is 17.7 Å². The second kappa shape index (κ2) is 5.45. The number of hydrogen-bond donors (Lipinski definition) is 1. The number of tetrazole rings is 1. The monoisotopic (exact) mass is 285 g/mol. The second-order valence-corrected chi connectivity index (χ2v) is 5.77. The number of aromatic nitrogens is 4. The molecule has 0 saturated heterocycles. The van der Waals surface area contributed by atoms with Gasteiger partial charge in [-0.1, -0.05) is 11.6 Å². The lowest BCUT2D eigenvalue weighted by Gasteiger charge is -2.05. The lowest BCUT2D eigenvalue weighted by atomic mass is 10.2. The summed E-state index contributed by atoms with van der Waals surface area (Å²) in [5.74, 6) is 1.06. The van der Waals surface area contributed by atoms with E-state index in [1.165, 1.54) is 0 Å². The van der Waals surface area contributed by atoms with E-state index in [2.05, 4.69) is 15.5 Å². The third kappa shape index (κ3) is 3.05. The smallest absolute Gasteiger partial charge is 0.182 e. The normalized spacial score (nSPS) is 12.6. The van der Waals surface area contributed by atoms with Gasteiger partial charge in [0.05, 0.1) is 6.54 Å². The molecule has 0 aliphatic carbocycles. The van der Waals surface area contributed by atoms with Gasteiger partial charge in [-0.3, -0.25) is 4.21 Å². The fraction of sp³-hybridized carbons (Fsp3) is 0.300. The van der Waals surface area contributed by atoms with Crippen molar-refractivity contribution in [3.05, 3.63) is 23.2 Å². The molecule has 0 aliphatic rings. The first-order chi connectivity index (χ1) is 8.56. The summed E-state index contributed by atoms with van der Waals surface area (Å²) >= 11 is 5.94. The van der Waals surface area contributed by atoms with Crippen LogP contribution in [0.25, 0.3) is 11.4 Å². The predicted octanol–water partition coefficient (Wildman–Crippen LogP) is 0.954. The van der Waals surface area contributed by atoms with Crippen LogP contribution in [0.1, 0.15) is 0 Å². The van der Waals surface area contributed by atoms with Gasteiger partial charge in [-0.25, -0.2) is 4.68 Å². The lowest BCUT2D eigenvalue weighted by Crippen LogP contribution is -2.09. The Balaban J connectivity index is 2.33. The van der Waals surface area contributed by atoms with Crippen LogP contribution in [0, 0.1) is 0 Å². The van der Waals surface area contributed by atoms with E-state index in [-0.39, 0.29) is 0 Å². The van der Waals surface area contributed by atoms with Crippen LogP contribution in [0.3, 0.4) is 0 Å². The van der Waals surface area contributed by atoms with Crippen molar-refractivity contribution in [2.24, 2.45) is 0 Å². The number of anilines is 1. The largest absolute Gasteiger partial charge is 0.399 e. The third-order valence-electron chi connectivity index (χ3n) is 2.30. The molecule has 0 spiro atoms. The number of nitrogens with zero attached hydrogens (tertiary/aromatic N) is 4. The highest BCUT2D eigenvalue weighted by Gasteiger charge is 2.10. The minimum absolute atomic E-state index is 0.484. The average Bonchev–Trinajstić information content (AvgIpc) is 2.72. The fourth-order valence-corrected chi connectivity index (χ4v) is 2.19. The minimum Gasteiger partial charge on any atom is -0.399 e. The molecule has 0 radical (unpaired) electrons. The Morgan fingerprint density at radius 2 is 2.22 bits per heavy atom. The molecule has 1 atom stereocenters. The van der Waals surface area contributed by atoms with Gasteiger partial charge in [0.1, 0.15) is 0 Å². The van der Waals surface area contributed by atoms with Crippen molar-refractivity contribution in [3.8, 4) is 11.4 Å². The predicted molar refractivity (Wildman–Crippen MR) is 71.6 cm³/mol. The maximum absolute atomic E-state index is 11.1. The number of rotatable bonds is 4. The van der Waals surface area contributed by atoms with Crippen molar-refractivity contribution in [1.29, 1.82) is 0 Å². The summed E-state index contributed by atoms with van der Waals surface area (Å²) < 4.78 is 12.7. The number of benzene rings is 1. The molecule has 0 amide bonds. The summed E-state index contributed by atoms with van der Waals surface area (Å²) in [6.45, 7) is 0.484. The molecule has 0 fully saturated rings. The van der Waals surface area contributed by atoms with Crippen LogP contribution in [0.2, 0.25) is 5.02 Å². The summed E-state index contributed by atoms with van der Waals surface area (Å²) in [6.07, 6.45) is 1.64. The van der Waals surface area contributed by atoms with Gasteiger partial charge in [0.15, 0.2) is 5.82 Å². The number of aryl methyl sites for hydroxylation is 1. The Hall–Kier alpha value is -1.47. The van der Waals surface area contributed by atoms with Crippen LogP contribution in [0.5, 0.6) is 0 Å². The molecule has 2 rings (SSSR count).